The van der Waals surface area contributed by atoms with Crippen molar-refractivity contribution in [2.24, 2.45) is 0 Å². The third kappa shape index (κ3) is 4.02. The van der Waals surface area contributed by atoms with Crippen molar-refractivity contribution in [3.8, 4) is 0 Å². The summed E-state index contributed by atoms with van der Waals surface area (Å²) in [6.07, 6.45) is 1.52. The van der Waals surface area contributed by atoms with Crippen molar-refractivity contribution in [1.29, 1.82) is 0 Å². The van der Waals surface area contributed by atoms with Crippen molar-refractivity contribution >= 4 is 16.7 Å². The van der Waals surface area contributed by atoms with E-state index in [4.69, 9.17) is 0 Å². The van der Waals surface area contributed by atoms with Crippen LogP contribution in [0.15, 0.2) is 47.3 Å². The fraction of sp³-hybridized carbons (Fsp3) is 0.222. The van der Waals surface area contributed by atoms with Crippen LogP contribution < -0.4 is 10.6 Å². The number of anilines is 1. The van der Waals surface area contributed by atoms with Crippen molar-refractivity contribution in [3.63, 3.8) is 0 Å². The summed E-state index contributed by atoms with van der Waals surface area (Å²) in [6.45, 7) is 1.36. The Balaban J connectivity index is 1.56. The molecule has 0 aliphatic carbocycles. The molecular formula is C18H18FN7O. The van der Waals surface area contributed by atoms with Gasteiger partial charge in [0.2, 0.25) is 0 Å². The highest BCUT2D eigenvalue weighted by atomic mass is 19.1. The summed E-state index contributed by atoms with van der Waals surface area (Å²) in [6, 6.07) is 12.2. The normalized spacial score (nSPS) is 11.1. The van der Waals surface area contributed by atoms with E-state index in [0.29, 0.717) is 18.8 Å². The lowest BCUT2D eigenvalue weighted by Gasteiger charge is -2.25. The van der Waals surface area contributed by atoms with Crippen molar-refractivity contribution in [2.45, 2.75) is 19.4 Å². The van der Waals surface area contributed by atoms with E-state index >= 15 is 0 Å². The Bertz CT molecular complexity index is 1070. The van der Waals surface area contributed by atoms with Crippen molar-refractivity contribution < 1.29 is 4.39 Å². The van der Waals surface area contributed by atoms with Gasteiger partial charge in [-0.3, -0.25) is 0 Å². The molecule has 3 N–H and O–H groups in total. The Morgan fingerprint density at radius 2 is 1.85 bits per heavy atom. The van der Waals surface area contributed by atoms with Gasteiger partial charge in [0.05, 0.1) is 11.0 Å². The second-order valence-corrected chi connectivity index (χ2v) is 6.29. The molecule has 0 fully saturated rings. The first kappa shape index (κ1) is 17.0. The van der Waals surface area contributed by atoms with Gasteiger partial charge in [0.25, 0.3) is 0 Å². The summed E-state index contributed by atoms with van der Waals surface area (Å²) in [7, 11) is 0. The maximum absolute atomic E-state index is 13.2. The van der Waals surface area contributed by atoms with E-state index in [1.54, 1.807) is 12.1 Å². The Morgan fingerprint density at radius 1 is 1.04 bits per heavy atom. The van der Waals surface area contributed by atoms with Gasteiger partial charge in [-0.15, -0.1) is 10.2 Å². The lowest BCUT2D eigenvalue weighted by atomic mass is 10.1. The quantitative estimate of drug-likeness (QED) is 0.464. The minimum atomic E-state index is -0.256. The number of nitrogens with zero attached hydrogens (tertiary/aromatic N) is 4. The van der Waals surface area contributed by atoms with Crippen LogP contribution in [0.2, 0.25) is 0 Å². The predicted octanol–water partition coefficient (Wildman–Crippen LogP) is 2.15. The number of tetrazole rings is 1. The minimum Gasteiger partial charge on any atom is -0.367 e. The fourth-order valence-corrected chi connectivity index (χ4v) is 3.04. The summed E-state index contributed by atoms with van der Waals surface area (Å²) in [5.74, 6) is 0.413. The average Bonchev–Trinajstić information content (AvgIpc) is 3.30. The monoisotopic (exact) mass is 367 g/mol. The number of halogens is 1. The van der Waals surface area contributed by atoms with Gasteiger partial charge in [0, 0.05) is 25.2 Å². The van der Waals surface area contributed by atoms with E-state index in [2.05, 4.69) is 35.5 Å². The summed E-state index contributed by atoms with van der Waals surface area (Å²) >= 11 is 0. The van der Waals surface area contributed by atoms with Gasteiger partial charge in [0.1, 0.15) is 5.82 Å². The molecule has 0 amide bonds. The summed E-state index contributed by atoms with van der Waals surface area (Å²) in [4.78, 5) is 19.2. The summed E-state index contributed by atoms with van der Waals surface area (Å²) in [5.41, 5.74) is 3.25. The highest BCUT2D eigenvalue weighted by Gasteiger charge is 2.11. The minimum absolute atomic E-state index is 0.232. The van der Waals surface area contributed by atoms with Crippen LogP contribution in [0.4, 0.5) is 10.1 Å². The number of aromatic amines is 3. The molecule has 2 heterocycles. The number of hydrogen-bond donors (Lipinski definition) is 3. The fourth-order valence-electron chi connectivity index (χ4n) is 3.04. The molecule has 0 bridgehead atoms. The van der Waals surface area contributed by atoms with E-state index in [9.17, 15) is 9.18 Å². The van der Waals surface area contributed by atoms with Gasteiger partial charge < -0.3 is 14.9 Å². The Labute approximate surface area is 153 Å². The molecular weight excluding hydrogens is 349 g/mol. The smallest absolute Gasteiger partial charge is 0.323 e. The number of imidazole rings is 1. The molecule has 0 aliphatic heterocycles. The van der Waals surface area contributed by atoms with Crippen LogP contribution in [0, 0.1) is 5.82 Å². The SMILES string of the molecule is O=c1[nH]c2ccc(N(CCCc3nn[nH]n3)Cc3ccc(F)cc3)cc2[nH]1. The van der Waals surface area contributed by atoms with Crippen LogP contribution >= 0.6 is 0 Å². The van der Waals surface area contributed by atoms with E-state index in [-0.39, 0.29) is 11.5 Å². The molecule has 2 aromatic heterocycles. The molecule has 138 valence electrons. The number of rotatable bonds is 7. The highest BCUT2D eigenvalue weighted by Crippen LogP contribution is 2.22. The Hall–Kier alpha value is -3.49. The van der Waals surface area contributed by atoms with Gasteiger partial charge in [0.15, 0.2) is 5.82 Å². The first-order valence-electron chi connectivity index (χ1n) is 8.61. The van der Waals surface area contributed by atoms with Gasteiger partial charge in [-0.05, 0) is 42.3 Å². The van der Waals surface area contributed by atoms with E-state index in [1.165, 1.54) is 12.1 Å². The van der Waals surface area contributed by atoms with Crippen LogP contribution in [-0.2, 0) is 13.0 Å². The topological polar surface area (TPSA) is 106 Å². The molecule has 0 radical (unpaired) electrons. The lowest BCUT2D eigenvalue weighted by molar-refractivity contribution is 0.626. The summed E-state index contributed by atoms with van der Waals surface area (Å²) in [5, 5.41) is 14.0. The van der Waals surface area contributed by atoms with Gasteiger partial charge in [-0.1, -0.05) is 17.3 Å². The molecule has 0 aliphatic rings. The second-order valence-electron chi connectivity index (χ2n) is 6.29. The molecule has 0 spiro atoms. The second kappa shape index (κ2) is 7.40. The number of fused-ring (bicyclic) bond motifs is 1. The zero-order chi connectivity index (χ0) is 18.6. The van der Waals surface area contributed by atoms with Crippen molar-refractivity contribution in [2.75, 3.05) is 11.4 Å². The van der Waals surface area contributed by atoms with Crippen LogP contribution in [0.5, 0.6) is 0 Å². The molecule has 0 saturated heterocycles. The molecule has 0 saturated carbocycles. The van der Waals surface area contributed by atoms with Crippen molar-refractivity contribution in [1.82, 2.24) is 30.6 Å². The maximum Gasteiger partial charge on any atom is 0.323 e. The first-order chi connectivity index (χ1) is 13.2. The largest absolute Gasteiger partial charge is 0.367 e. The van der Waals surface area contributed by atoms with Crippen LogP contribution in [-0.4, -0.2) is 37.1 Å². The lowest BCUT2D eigenvalue weighted by Crippen LogP contribution is -2.24. The van der Waals surface area contributed by atoms with E-state index < -0.39 is 0 Å². The van der Waals surface area contributed by atoms with Gasteiger partial charge in [-0.2, -0.15) is 5.21 Å². The zero-order valence-corrected chi connectivity index (χ0v) is 14.4. The molecule has 0 unspecified atom stereocenters. The number of hydrogen-bond acceptors (Lipinski definition) is 5. The number of aryl methyl sites for hydroxylation is 1. The van der Waals surface area contributed by atoms with Crippen LogP contribution in [0.3, 0.4) is 0 Å². The average molecular weight is 367 g/mol. The first-order valence-corrected chi connectivity index (χ1v) is 8.61. The molecule has 4 aromatic rings. The molecule has 9 heteroatoms. The summed E-state index contributed by atoms with van der Waals surface area (Å²) < 4.78 is 13.2. The molecule has 0 atom stereocenters. The Kier molecular flexibility index (Phi) is 4.65. The predicted molar refractivity (Wildman–Crippen MR) is 98.9 cm³/mol. The zero-order valence-electron chi connectivity index (χ0n) is 14.4. The molecule has 27 heavy (non-hydrogen) atoms. The van der Waals surface area contributed by atoms with Crippen LogP contribution in [0.25, 0.3) is 11.0 Å². The molecule has 2 aromatic carbocycles. The van der Waals surface area contributed by atoms with Crippen molar-refractivity contribution in [3.05, 3.63) is 70.2 Å². The molecule has 4 rings (SSSR count). The number of nitrogens with one attached hydrogen (secondary N) is 3. The van der Waals surface area contributed by atoms with Gasteiger partial charge in [-0.25, -0.2) is 9.18 Å². The van der Waals surface area contributed by atoms with E-state index in [0.717, 1.165) is 35.2 Å². The highest BCUT2D eigenvalue weighted by molar-refractivity contribution is 5.79. The van der Waals surface area contributed by atoms with Gasteiger partial charge >= 0.3 is 5.69 Å². The third-order valence-corrected chi connectivity index (χ3v) is 4.37. The number of H-pyrrole nitrogens is 3. The van der Waals surface area contributed by atoms with E-state index in [1.807, 2.05) is 18.2 Å². The standard InChI is InChI=1S/C18H18FN7O/c19-13-5-3-12(4-6-13)11-26(9-1-2-17-22-24-25-23-17)14-7-8-15-16(10-14)21-18(27)20-15/h3-8,10H,1-2,9,11H2,(H2,20,21,27)(H,22,23,24,25). The number of aromatic nitrogens is 6. The Morgan fingerprint density at radius 3 is 2.63 bits per heavy atom. The van der Waals surface area contributed by atoms with Crippen LogP contribution in [0.1, 0.15) is 17.8 Å². The maximum atomic E-state index is 13.2. The molecule has 8 nitrogen and oxygen atoms in total. The number of benzene rings is 2. The third-order valence-electron chi connectivity index (χ3n) is 4.37.